The van der Waals surface area contributed by atoms with Gasteiger partial charge in [-0.2, -0.15) is 5.06 Å². The molecule has 0 radical (unpaired) electrons. The van der Waals surface area contributed by atoms with Crippen molar-refractivity contribution in [3.63, 3.8) is 0 Å². The topological polar surface area (TPSA) is 200 Å². The fourth-order valence-corrected chi connectivity index (χ4v) is 3.44. The Hall–Kier alpha value is -4.18. The Morgan fingerprint density at radius 3 is 1.67 bits per heavy atom. The van der Waals surface area contributed by atoms with E-state index in [9.17, 15) is 33.9 Å². The molecule has 1 aliphatic rings. The molecule has 0 saturated carbocycles. The number of hydroxylamine groups is 2. The summed E-state index contributed by atoms with van der Waals surface area (Å²) in [6, 6.07) is 0. The molecule has 1 rings (SSSR count). The molecule has 1 saturated heterocycles. The summed E-state index contributed by atoms with van der Waals surface area (Å²) in [6.07, 6.45) is -0.113. The lowest BCUT2D eigenvalue weighted by Gasteiger charge is -2.21. The van der Waals surface area contributed by atoms with E-state index in [1.807, 2.05) is 0 Å². The van der Waals surface area contributed by atoms with Crippen LogP contribution in [0.3, 0.4) is 0 Å². The van der Waals surface area contributed by atoms with E-state index in [2.05, 4.69) is 13.2 Å². The zero-order chi connectivity index (χ0) is 33.3. The fraction of sp³-hybridized carbons (Fsp3) is 0.655. The first-order valence-electron chi connectivity index (χ1n) is 14.6. The molecule has 0 aromatic heterocycles. The van der Waals surface area contributed by atoms with E-state index in [-0.39, 0.29) is 70.6 Å². The van der Waals surface area contributed by atoms with E-state index in [1.54, 1.807) is 0 Å². The molecule has 254 valence electrons. The normalized spacial score (nSPS) is 13.0. The Kier molecular flexibility index (Phi) is 20.9. The minimum Gasteiger partial charge on any atom is -0.502 e. The average molecular weight is 646 g/mol. The number of hydrogen-bond donors (Lipinski definition) is 1. The van der Waals surface area contributed by atoms with Gasteiger partial charge in [0.1, 0.15) is 19.3 Å². The van der Waals surface area contributed by atoms with Gasteiger partial charge in [-0.3, -0.25) is 24.0 Å². The molecule has 16 nitrogen and oxygen atoms in total. The molecular formula is C29H43NO15. The zero-order valence-electron chi connectivity index (χ0n) is 25.4. The lowest BCUT2D eigenvalue weighted by Crippen LogP contribution is -2.33. The van der Waals surface area contributed by atoms with Crippen molar-refractivity contribution >= 4 is 35.8 Å². The van der Waals surface area contributed by atoms with Crippen LogP contribution in [0.1, 0.15) is 64.2 Å². The minimum absolute atomic E-state index is 0.102. The third kappa shape index (κ3) is 20.4. The number of aliphatic hydroxyl groups excluding tert-OH is 1. The number of rotatable bonds is 26. The predicted molar refractivity (Wildman–Crippen MR) is 151 cm³/mol. The van der Waals surface area contributed by atoms with Crippen LogP contribution in [0.2, 0.25) is 0 Å². The second-order valence-corrected chi connectivity index (χ2v) is 9.40. The molecule has 1 atom stereocenters. The highest BCUT2D eigenvalue weighted by Crippen LogP contribution is 2.13. The Balaban J connectivity index is 2.51. The number of nitrogens with zero attached hydrogens (tertiary/aromatic N) is 1. The maximum Gasteiger partial charge on any atom is 0.332 e. The van der Waals surface area contributed by atoms with Crippen molar-refractivity contribution in [1.82, 2.24) is 5.06 Å². The van der Waals surface area contributed by atoms with Crippen LogP contribution in [0.5, 0.6) is 0 Å². The molecule has 1 fully saturated rings. The van der Waals surface area contributed by atoms with Crippen LogP contribution in [-0.2, 0) is 66.8 Å². The van der Waals surface area contributed by atoms with Crippen molar-refractivity contribution in [2.24, 2.45) is 0 Å². The number of esters is 4. The Bertz CT molecular complexity index is 919. The molecule has 0 bridgehead atoms. The fourth-order valence-electron chi connectivity index (χ4n) is 3.44. The van der Waals surface area contributed by atoms with Crippen LogP contribution in [0.15, 0.2) is 25.7 Å². The van der Waals surface area contributed by atoms with Crippen molar-refractivity contribution < 1.29 is 71.9 Å². The highest BCUT2D eigenvalue weighted by Gasteiger charge is 2.25. The summed E-state index contributed by atoms with van der Waals surface area (Å²) < 4.78 is 35.4. The van der Waals surface area contributed by atoms with Gasteiger partial charge in [0.2, 0.25) is 0 Å². The van der Waals surface area contributed by atoms with E-state index < -0.39 is 55.5 Å². The van der Waals surface area contributed by atoms with Gasteiger partial charge in [-0.25, -0.2) is 4.79 Å². The lowest BCUT2D eigenvalue weighted by molar-refractivity contribution is -0.198. The van der Waals surface area contributed by atoms with Crippen LogP contribution in [0.25, 0.3) is 0 Å². The van der Waals surface area contributed by atoms with Crippen molar-refractivity contribution in [2.45, 2.75) is 76.6 Å². The maximum absolute atomic E-state index is 12.2. The lowest BCUT2D eigenvalue weighted by atomic mass is 10.3. The molecule has 0 aliphatic carbocycles. The highest BCUT2D eigenvalue weighted by molar-refractivity contribution is 5.80. The molecule has 45 heavy (non-hydrogen) atoms. The van der Waals surface area contributed by atoms with E-state index in [0.717, 1.165) is 5.06 Å². The van der Waals surface area contributed by atoms with Gasteiger partial charge in [-0.1, -0.05) is 13.2 Å². The first-order valence-corrected chi connectivity index (χ1v) is 14.6. The van der Waals surface area contributed by atoms with Crippen LogP contribution < -0.4 is 0 Å². The summed E-state index contributed by atoms with van der Waals surface area (Å²) in [6.45, 7) is 6.98. The second kappa shape index (κ2) is 24.2. The van der Waals surface area contributed by atoms with Crippen molar-refractivity contribution in [3.05, 3.63) is 25.7 Å². The van der Waals surface area contributed by atoms with Crippen LogP contribution in [0, 0.1) is 0 Å². The van der Waals surface area contributed by atoms with E-state index >= 15 is 0 Å². The second-order valence-electron chi connectivity index (χ2n) is 9.40. The molecule has 16 heteroatoms. The molecule has 0 unspecified atom stereocenters. The molecule has 1 amide bonds. The quantitative estimate of drug-likeness (QED) is 0.0465. The summed E-state index contributed by atoms with van der Waals surface area (Å²) >= 11 is 0. The van der Waals surface area contributed by atoms with Gasteiger partial charge in [-0.15, -0.1) is 0 Å². The average Bonchev–Trinajstić information content (AvgIpc) is 3.42. The first kappa shape index (κ1) is 38.8. The molecular weight excluding hydrogens is 602 g/mol. The molecule has 1 N–H and O–H groups in total. The summed E-state index contributed by atoms with van der Waals surface area (Å²) in [4.78, 5) is 76.5. The first-order chi connectivity index (χ1) is 21.6. The molecule has 1 aliphatic heterocycles. The van der Waals surface area contributed by atoms with E-state index in [4.69, 9.17) is 38.0 Å². The summed E-state index contributed by atoms with van der Waals surface area (Å²) in [7, 11) is 0. The van der Waals surface area contributed by atoms with Gasteiger partial charge in [-0.05, 0) is 6.42 Å². The number of amides is 1. The van der Waals surface area contributed by atoms with Crippen LogP contribution in [0.4, 0.5) is 0 Å². The summed E-state index contributed by atoms with van der Waals surface area (Å²) in [5.74, 6) is -3.88. The number of carbonyl (C=O) groups excluding carboxylic acids is 6. The molecule has 0 spiro atoms. The Morgan fingerprint density at radius 1 is 0.733 bits per heavy atom. The van der Waals surface area contributed by atoms with E-state index in [0.29, 0.717) is 32.5 Å². The van der Waals surface area contributed by atoms with Gasteiger partial charge in [0.25, 0.3) is 5.91 Å². The van der Waals surface area contributed by atoms with Gasteiger partial charge in [0.15, 0.2) is 6.29 Å². The largest absolute Gasteiger partial charge is 0.502 e. The third-order valence-electron chi connectivity index (χ3n) is 5.69. The number of aliphatic hydroxyl groups is 1. The van der Waals surface area contributed by atoms with Gasteiger partial charge >= 0.3 is 29.8 Å². The van der Waals surface area contributed by atoms with Crippen LogP contribution in [-0.4, -0.2) is 105 Å². The van der Waals surface area contributed by atoms with Crippen LogP contribution >= 0.6 is 0 Å². The predicted octanol–water partition coefficient (Wildman–Crippen LogP) is 1.38. The standard InChI is InChI=1S/C29H43NO15/c1-3-38-16-6-18-40-24(32)9-11-26(34)42-20-22(21-43-27(35)12-10-25(33)41-19-7-17-39-4-2)44-28(36)13-14-29(37)45-30-15-5-8-23(30)31/h3-4,22,28,36H,1-2,5-21H2/t28-/m0/s1. The summed E-state index contributed by atoms with van der Waals surface area (Å²) in [5.41, 5.74) is 0. The Labute approximate surface area is 261 Å². The Morgan fingerprint density at radius 2 is 1.22 bits per heavy atom. The zero-order valence-corrected chi connectivity index (χ0v) is 25.4. The molecule has 1 heterocycles. The minimum atomic E-state index is -1.56. The summed E-state index contributed by atoms with van der Waals surface area (Å²) in [5, 5.41) is 11.3. The number of ether oxygens (including phenoxy) is 7. The van der Waals surface area contributed by atoms with Crippen molar-refractivity contribution in [2.75, 3.05) is 46.2 Å². The van der Waals surface area contributed by atoms with Gasteiger partial charge in [0.05, 0.1) is 77.6 Å². The SMILES string of the molecule is C=COCCCOC(=O)CCC(=O)OCC(COC(=O)CCC(=O)OCCCOC=C)O[C@H](O)CCC(=O)ON1CCCC1=O. The molecule has 0 aromatic rings. The van der Waals surface area contributed by atoms with Crippen molar-refractivity contribution in [1.29, 1.82) is 0 Å². The smallest absolute Gasteiger partial charge is 0.332 e. The van der Waals surface area contributed by atoms with Crippen molar-refractivity contribution in [3.8, 4) is 0 Å². The molecule has 0 aromatic carbocycles. The maximum atomic E-state index is 12.2. The number of hydrogen-bond acceptors (Lipinski definition) is 15. The van der Waals surface area contributed by atoms with E-state index in [1.165, 1.54) is 12.5 Å². The third-order valence-corrected chi connectivity index (χ3v) is 5.69. The monoisotopic (exact) mass is 645 g/mol. The number of carbonyl (C=O) groups is 6. The van der Waals surface area contributed by atoms with Gasteiger partial charge < -0.3 is 43.1 Å². The van der Waals surface area contributed by atoms with Gasteiger partial charge in [0, 0.05) is 25.7 Å². The highest BCUT2D eigenvalue weighted by atomic mass is 16.7.